The van der Waals surface area contributed by atoms with E-state index in [-0.39, 0.29) is 6.03 Å². The first kappa shape index (κ1) is 20.2. The molecule has 0 spiro atoms. The number of carbonyl (C=O) groups excluding carboxylic acids is 1. The van der Waals surface area contributed by atoms with Gasteiger partial charge in [-0.15, -0.1) is 0 Å². The molecule has 2 saturated heterocycles. The summed E-state index contributed by atoms with van der Waals surface area (Å²) in [6.45, 7) is 6.82. The Bertz CT molecular complexity index is 804. The average Bonchev–Trinajstić information content (AvgIpc) is 3.22. The molecule has 1 aromatic carbocycles. The van der Waals surface area contributed by atoms with Gasteiger partial charge < -0.3 is 15.0 Å². The van der Waals surface area contributed by atoms with E-state index in [1.165, 1.54) is 6.42 Å². The number of hydrogen-bond donors (Lipinski definition) is 1. The van der Waals surface area contributed by atoms with Gasteiger partial charge in [-0.1, -0.05) is 11.6 Å². The summed E-state index contributed by atoms with van der Waals surface area (Å²) in [7, 11) is 0. The molecule has 1 atom stereocenters. The van der Waals surface area contributed by atoms with Gasteiger partial charge in [-0.3, -0.25) is 4.90 Å². The number of aromatic nitrogens is 2. The molecule has 0 radical (unpaired) electrons. The van der Waals surface area contributed by atoms with Crippen molar-refractivity contribution >= 4 is 17.6 Å². The number of morpholine rings is 1. The van der Waals surface area contributed by atoms with E-state index in [0.29, 0.717) is 17.5 Å². The van der Waals surface area contributed by atoms with Gasteiger partial charge in [-0.2, -0.15) is 5.10 Å². The van der Waals surface area contributed by atoms with Crippen LogP contribution in [0.5, 0.6) is 0 Å². The molecule has 4 rings (SSSR count). The lowest BCUT2D eigenvalue weighted by molar-refractivity contribution is 0.0249. The van der Waals surface area contributed by atoms with Crippen LogP contribution < -0.4 is 5.32 Å². The van der Waals surface area contributed by atoms with E-state index in [1.54, 1.807) is 10.9 Å². The van der Waals surface area contributed by atoms with E-state index in [1.807, 2.05) is 35.4 Å². The maximum absolute atomic E-state index is 12.7. The van der Waals surface area contributed by atoms with Crippen LogP contribution >= 0.6 is 11.6 Å². The van der Waals surface area contributed by atoms with Gasteiger partial charge >= 0.3 is 6.03 Å². The zero-order valence-corrected chi connectivity index (χ0v) is 17.4. The van der Waals surface area contributed by atoms with E-state index in [4.69, 9.17) is 16.3 Å². The Morgan fingerprint density at radius 1 is 1.21 bits per heavy atom. The SMILES string of the molecule is O=C(NCc1cnn(-c2ccc(Cl)cc2)c1)N1CCCC(CN2CCOCC2)C1. The smallest absolute Gasteiger partial charge is 0.317 e. The molecule has 7 nitrogen and oxygen atoms in total. The molecule has 2 aromatic rings. The Hall–Kier alpha value is -2.09. The van der Waals surface area contributed by atoms with E-state index < -0.39 is 0 Å². The Morgan fingerprint density at radius 3 is 2.79 bits per heavy atom. The summed E-state index contributed by atoms with van der Waals surface area (Å²) in [6.07, 6.45) is 5.97. The quantitative estimate of drug-likeness (QED) is 0.812. The summed E-state index contributed by atoms with van der Waals surface area (Å²) in [5, 5.41) is 8.12. The molecule has 2 aliphatic rings. The molecular formula is C21H28ClN5O2. The minimum Gasteiger partial charge on any atom is -0.379 e. The number of ether oxygens (including phenoxy) is 1. The van der Waals surface area contributed by atoms with Crippen molar-refractivity contribution in [2.75, 3.05) is 45.9 Å². The molecule has 156 valence electrons. The zero-order chi connectivity index (χ0) is 20.1. The van der Waals surface area contributed by atoms with Crippen LogP contribution in [0.15, 0.2) is 36.7 Å². The third-order valence-corrected chi connectivity index (χ3v) is 5.85. The number of nitrogens with zero attached hydrogens (tertiary/aromatic N) is 4. The number of benzene rings is 1. The number of nitrogens with one attached hydrogen (secondary N) is 1. The molecular weight excluding hydrogens is 390 g/mol. The Morgan fingerprint density at radius 2 is 2.00 bits per heavy atom. The largest absolute Gasteiger partial charge is 0.379 e. The molecule has 1 unspecified atom stereocenters. The molecule has 8 heteroatoms. The Balaban J connectivity index is 1.26. The van der Waals surface area contributed by atoms with Crippen LogP contribution in [0.2, 0.25) is 5.02 Å². The highest BCUT2D eigenvalue weighted by molar-refractivity contribution is 6.30. The molecule has 1 aromatic heterocycles. The second-order valence-corrected chi connectivity index (χ2v) is 8.23. The minimum absolute atomic E-state index is 0.0101. The highest BCUT2D eigenvalue weighted by Crippen LogP contribution is 2.19. The monoisotopic (exact) mass is 417 g/mol. The lowest BCUT2D eigenvalue weighted by Crippen LogP contribution is -2.48. The molecule has 0 saturated carbocycles. The maximum atomic E-state index is 12.7. The normalized spacial score (nSPS) is 20.6. The van der Waals surface area contributed by atoms with E-state index in [0.717, 1.165) is 63.6 Å². The molecule has 1 N–H and O–H groups in total. The van der Waals surface area contributed by atoms with Crippen LogP contribution in [0.1, 0.15) is 18.4 Å². The van der Waals surface area contributed by atoms with Gasteiger partial charge in [-0.25, -0.2) is 9.48 Å². The Labute approximate surface area is 176 Å². The van der Waals surface area contributed by atoms with Gasteiger partial charge in [0.1, 0.15) is 0 Å². The second-order valence-electron chi connectivity index (χ2n) is 7.80. The van der Waals surface area contributed by atoms with Gasteiger partial charge in [0.2, 0.25) is 0 Å². The van der Waals surface area contributed by atoms with E-state index >= 15 is 0 Å². The van der Waals surface area contributed by atoms with Gasteiger partial charge in [0.05, 0.1) is 25.1 Å². The number of hydrogen-bond acceptors (Lipinski definition) is 4. The maximum Gasteiger partial charge on any atom is 0.317 e. The first-order chi connectivity index (χ1) is 14.2. The predicted molar refractivity (Wildman–Crippen MR) is 112 cm³/mol. The van der Waals surface area contributed by atoms with E-state index in [2.05, 4.69) is 15.3 Å². The van der Waals surface area contributed by atoms with E-state index in [9.17, 15) is 4.79 Å². The number of halogens is 1. The summed E-state index contributed by atoms with van der Waals surface area (Å²) in [5.74, 6) is 0.542. The lowest BCUT2D eigenvalue weighted by atomic mass is 9.97. The summed E-state index contributed by atoms with van der Waals surface area (Å²) in [4.78, 5) is 17.1. The molecule has 2 fully saturated rings. The number of urea groups is 1. The molecule has 29 heavy (non-hydrogen) atoms. The van der Waals surface area contributed by atoms with Crippen molar-refractivity contribution in [3.8, 4) is 5.69 Å². The van der Waals surface area contributed by atoms with Gasteiger partial charge in [-0.05, 0) is 43.0 Å². The Kier molecular flexibility index (Phi) is 6.69. The fourth-order valence-corrected chi connectivity index (χ4v) is 4.15. The average molecular weight is 418 g/mol. The molecule has 0 aliphatic carbocycles. The van der Waals surface area contributed by atoms with Gasteiger partial charge in [0.25, 0.3) is 0 Å². The van der Waals surface area contributed by atoms with Crippen molar-refractivity contribution in [2.24, 2.45) is 5.92 Å². The number of likely N-dealkylation sites (tertiary alicyclic amines) is 1. The van der Waals surface area contributed by atoms with Crippen LogP contribution in [-0.2, 0) is 11.3 Å². The second kappa shape index (κ2) is 9.61. The van der Waals surface area contributed by atoms with Crippen LogP contribution in [0, 0.1) is 5.92 Å². The number of amides is 2. The zero-order valence-electron chi connectivity index (χ0n) is 16.6. The fraction of sp³-hybridized carbons (Fsp3) is 0.524. The summed E-state index contributed by atoms with van der Waals surface area (Å²) in [5.41, 5.74) is 1.91. The molecule has 3 heterocycles. The highest BCUT2D eigenvalue weighted by atomic mass is 35.5. The molecule has 2 amide bonds. The molecule has 2 aliphatic heterocycles. The molecule has 0 bridgehead atoms. The van der Waals surface area contributed by atoms with Crippen LogP contribution in [-0.4, -0.2) is 71.5 Å². The van der Waals surface area contributed by atoms with Crippen LogP contribution in [0.25, 0.3) is 5.69 Å². The lowest BCUT2D eigenvalue weighted by Gasteiger charge is -2.36. The standard InChI is InChI=1S/C21H28ClN5O2/c22-19-3-5-20(6-4-19)27-16-18(13-24-27)12-23-21(28)26-7-1-2-17(15-26)14-25-8-10-29-11-9-25/h3-6,13,16-17H,1-2,7-12,14-15H2,(H,23,28). The third kappa shape index (κ3) is 5.50. The summed E-state index contributed by atoms with van der Waals surface area (Å²) in [6, 6.07) is 7.52. The highest BCUT2D eigenvalue weighted by Gasteiger charge is 2.25. The number of carbonyl (C=O) groups is 1. The predicted octanol–water partition coefficient (Wildman–Crippen LogP) is 2.78. The first-order valence-electron chi connectivity index (χ1n) is 10.3. The number of piperidine rings is 1. The topological polar surface area (TPSA) is 62.6 Å². The van der Waals surface area contributed by atoms with Crippen LogP contribution in [0.4, 0.5) is 4.79 Å². The van der Waals surface area contributed by atoms with Crippen molar-refractivity contribution in [3.05, 3.63) is 47.2 Å². The minimum atomic E-state index is 0.0101. The van der Waals surface area contributed by atoms with Gasteiger partial charge in [0.15, 0.2) is 0 Å². The number of rotatable bonds is 5. The van der Waals surface area contributed by atoms with Crippen molar-refractivity contribution in [2.45, 2.75) is 19.4 Å². The fourth-order valence-electron chi connectivity index (χ4n) is 4.02. The van der Waals surface area contributed by atoms with Gasteiger partial charge in [0, 0.05) is 56.1 Å². The van der Waals surface area contributed by atoms with Crippen molar-refractivity contribution in [1.82, 2.24) is 24.9 Å². The van der Waals surface area contributed by atoms with Crippen molar-refractivity contribution in [3.63, 3.8) is 0 Å². The first-order valence-corrected chi connectivity index (χ1v) is 10.7. The third-order valence-electron chi connectivity index (χ3n) is 5.60. The summed E-state index contributed by atoms with van der Waals surface area (Å²) < 4.78 is 7.22. The van der Waals surface area contributed by atoms with Crippen molar-refractivity contribution in [1.29, 1.82) is 0 Å². The van der Waals surface area contributed by atoms with Crippen molar-refractivity contribution < 1.29 is 9.53 Å². The summed E-state index contributed by atoms with van der Waals surface area (Å²) >= 11 is 5.94. The van der Waals surface area contributed by atoms with Crippen LogP contribution in [0.3, 0.4) is 0 Å².